The minimum absolute atomic E-state index is 0.434. The molecular weight excluding hydrogens is 394 g/mol. The van der Waals surface area contributed by atoms with Crippen molar-refractivity contribution < 1.29 is 0 Å². The van der Waals surface area contributed by atoms with E-state index in [-0.39, 0.29) is 0 Å². The Morgan fingerprint density at radius 2 is 1.80 bits per heavy atom. The van der Waals surface area contributed by atoms with Gasteiger partial charge >= 0.3 is 0 Å². The van der Waals surface area contributed by atoms with Gasteiger partial charge in [0.15, 0.2) is 5.82 Å². The molecule has 5 nitrogen and oxygen atoms in total. The normalized spacial score (nSPS) is 21.7. The zero-order valence-electron chi connectivity index (χ0n) is 17.7. The Morgan fingerprint density at radius 1 is 1.00 bits per heavy atom. The molecule has 6 heteroatoms. The predicted octanol–water partition coefficient (Wildman–Crippen LogP) is 5.26. The smallest absolute Gasteiger partial charge is 0.151 e. The molecule has 30 heavy (non-hydrogen) atoms. The molecule has 1 saturated carbocycles. The van der Waals surface area contributed by atoms with Gasteiger partial charge in [-0.25, -0.2) is 0 Å². The first kappa shape index (κ1) is 19.7. The Balaban J connectivity index is 1.42. The van der Waals surface area contributed by atoms with Crippen LogP contribution in [0.15, 0.2) is 36.4 Å². The van der Waals surface area contributed by atoms with Crippen LogP contribution in [0.3, 0.4) is 0 Å². The third-order valence-electron chi connectivity index (χ3n) is 6.59. The molecule has 0 spiro atoms. The van der Waals surface area contributed by atoms with Gasteiger partial charge in [0.1, 0.15) is 5.82 Å². The molecule has 0 N–H and O–H groups in total. The van der Waals surface area contributed by atoms with Crippen molar-refractivity contribution in [3.63, 3.8) is 0 Å². The van der Waals surface area contributed by atoms with E-state index in [9.17, 15) is 0 Å². The molecule has 0 atom stereocenters. The Morgan fingerprint density at radius 3 is 2.60 bits per heavy atom. The van der Waals surface area contributed by atoms with Crippen LogP contribution in [-0.4, -0.2) is 31.7 Å². The van der Waals surface area contributed by atoms with Gasteiger partial charge in [0, 0.05) is 34.8 Å². The van der Waals surface area contributed by atoms with Crippen molar-refractivity contribution in [1.29, 1.82) is 0 Å². The Hall–Kier alpha value is -2.24. The summed E-state index contributed by atoms with van der Waals surface area (Å²) in [5.74, 6) is 3.12. The molecule has 0 saturated heterocycles. The van der Waals surface area contributed by atoms with Gasteiger partial charge in [-0.2, -0.15) is 0 Å². The van der Waals surface area contributed by atoms with Crippen molar-refractivity contribution >= 4 is 11.6 Å². The third kappa shape index (κ3) is 3.65. The summed E-state index contributed by atoms with van der Waals surface area (Å²) in [6.45, 7) is 3.83. The number of hydrogen-bond donors (Lipinski definition) is 0. The second-order valence-corrected chi connectivity index (χ2v) is 9.15. The summed E-state index contributed by atoms with van der Waals surface area (Å²) < 4.78 is 2.30. The number of halogens is 1. The van der Waals surface area contributed by atoms with Gasteiger partial charge in [-0.15, -0.1) is 10.2 Å². The lowest BCUT2D eigenvalue weighted by molar-refractivity contribution is 0.315. The largest absolute Gasteiger partial charge is 0.295 e. The van der Waals surface area contributed by atoms with E-state index in [0.717, 1.165) is 61.9 Å². The molecule has 1 aromatic carbocycles. The summed E-state index contributed by atoms with van der Waals surface area (Å²) in [6, 6.07) is 12.7. The average molecular weight is 422 g/mol. The van der Waals surface area contributed by atoms with Crippen molar-refractivity contribution in [2.45, 2.75) is 64.0 Å². The molecule has 1 aliphatic heterocycles. The van der Waals surface area contributed by atoms with Crippen LogP contribution in [-0.2, 0) is 19.5 Å². The van der Waals surface area contributed by atoms with Crippen molar-refractivity contribution in [3.05, 3.63) is 70.0 Å². The summed E-state index contributed by atoms with van der Waals surface area (Å²) in [5.41, 5.74) is 4.86. The maximum Gasteiger partial charge on any atom is 0.151 e. The highest BCUT2D eigenvalue weighted by Crippen LogP contribution is 2.41. The average Bonchev–Trinajstić information content (AvgIpc) is 3.11. The molecule has 2 aliphatic rings. The van der Waals surface area contributed by atoms with Crippen LogP contribution in [0.2, 0.25) is 5.02 Å². The topological polar surface area (TPSA) is 46.8 Å². The highest BCUT2D eigenvalue weighted by atomic mass is 35.5. The first-order valence-corrected chi connectivity index (χ1v) is 11.4. The van der Waals surface area contributed by atoms with Gasteiger partial charge in [-0.3, -0.25) is 14.5 Å². The fraction of sp³-hybridized carbons (Fsp3) is 0.458. The number of aryl methyl sites for hydroxylation is 1. The lowest BCUT2D eigenvalue weighted by atomic mass is 9.80. The Bertz CT molecular complexity index is 1050. The number of aromatic nitrogens is 4. The molecular formula is C24H28ClN5. The van der Waals surface area contributed by atoms with E-state index >= 15 is 0 Å². The van der Waals surface area contributed by atoms with E-state index in [1.807, 2.05) is 6.07 Å². The Labute approximate surface area is 183 Å². The lowest BCUT2D eigenvalue weighted by Gasteiger charge is -2.28. The van der Waals surface area contributed by atoms with Crippen LogP contribution >= 0.6 is 11.6 Å². The zero-order valence-corrected chi connectivity index (χ0v) is 18.4. The number of benzene rings is 1. The summed E-state index contributed by atoms with van der Waals surface area (Å²) >= 11 is 6.30. The second-order valence-electron chi connectivity index (χ2n) is 8.71. The molecule has 3 heterocycles. The molecule has 1 aliphatic carbocycles. The van der Waals surface area contributed by atoms with Gasteiger partial charge in [-0.1, -0.05) is 24.6 Å². The summed E-state index contributed by atoms with van der Waals surface area (Å²) in [5, 5.41) is 10.1. The number of nitrogens with zero attached hydrogens (tertiary/aromatic N) is 5. The van der Waals surface area contributed by atoms with E-state index in [2.05, 4.69) is 64.0 Å². The maximum absolute atomic E-state index is 6.30. The highest BCUT2D eigenvalue weighted by molar-refractivity contribution is 6.30. The number of rotatable bonds is 3. The molecule has 0 amide bonds. The van der Waals surface area contributed by atoms with E-state index < -0.39 is 0 Å². The van der Waals surface area contributed by atoms with Crippen LogP contribution < -0.4 is 0 Å². The van der Waals surface area contributed by atoms with Crippen molar-refractivity contribution in [3.8, 4) is 5.69 Å². The van der Waals surface area contributed by atoms with E-state index in [0.29, 0.717) is 11.8 Å². The number of pyridine rings is 1. The van der Waals surface area contributed by atoms with Crippen molar-refractivity contribution in [2.24, 2.45) is 0 Å². The van der Waals surface area contributed by atoms with Crippen LogP contribution in [0.25, 0.3) is 5.69 Å². The van der Waals surface area contributed by atoms with Gasteiger partial charge in [0.05, 0.1) is 12.2 Å². The van der Waals surface area contributed by atoms with Crippen LogP contribution in [0, 0.1) is 0 Å². The van der Waals surface area contributed by atoms with Gasteiger partial charge in [0.25, 0.3) is 0 Å². The minimum Gasteiger partial charge on any atom is -0.295 e. The Kier molecular flexibility index (Phi) is 5.34. The molecule has 0 radical (unpaired) electrons. The van der Waals surface area contributed by atoms with Crippen molar-refractivity contribution in [1.82, 2.24) is 24.6 Å². The number of fused-ring (bicyclic) bond motifs is 3. The van der Waals surface area contributed by atoms with Crippen LogP contribution in [0.5, 0.6) is 0 Å². The fourth-order valence-electron chi connectivity index (χ4n) is 5.02. The first-order chi connectivity index (χ1) is 14.6. The molecule has 5 rings (SSSR count). The highest BCUT2D eigenvalue weighted by Gasteiger charge is 2.30. The third-order valence-corrected chi connectivity index (χ3v) is 6.83. The molecule has 1 fully saturated rings. The van der Waals surface area contributed by atoms with E-state index in [4.69, 9.17) is 16.6 Å². The summed E-state index contributed by atoms with van der Waals surface area (Å²) in [4.78, 5) is 7.15. The van der Waals surface area contributed by atoms with Crippen molar-refractivity contribution in [2.75, 3.05) is 7.05 Å². The standard InChI is InChI=1S/C24H28ClN5/c1-3-20-5-4-6-21(26-20)16-7-9-17(10-8-16)24-28-27-23-15-29(2)14-18-13-19(25)11-12-22(18)30(23)24/h4-6,11-13,16-17H,3,7-10,14-15H2,1-2H3. The quantitative estimate of drug-likeness (QED) is 0.578. The van der Waals surface area contributed by atoms with E-state index in [1.54, 1.807) is 0 Å². The molecule has 0 unspecified atom stereocenters. The number of hydrogen-bond acceptors (Lipinski definition) is 4. The predicted molar refractivity (Wildman–Crippen MR) is 119 cm³/mol. The minimum atomic E-state index is 0.434. The van der Waals surface area contributed by atoms with Gasteiger partial charge in [0.2, 0.25) is 0 Å². The van der Waals surface area contributed by atoms with Crippen LogP contribution in [0.1, 0.15) is 73.0 Å². The first-order valence-electron chi connectivity index (χ1n) is 11.0. The monoisotopic (exact) mass is 421 g/mol. The molecule has 2 aromatic heterocycles. The fourth-order valence-corrected chi connectivity index (χ4v) is 5.21. The van der Waals surface area contributed by atoms with Gasteiger partial charge in [-0.05, 0) is 75.0 Å². The molecule has 0 bridgehead atoms. The van der Waals surface area contributed by atoms with Gasteiger partial charge < -0.3 is 0 Å². The second kappa shape index (κ2) is 8.12. The van der Waals surface area contributed by atoms with E-state index in [1.165, 1.54) is 22.6 Å². The maximum atomic E-state index is 6.30. The van der Waals surface area contributed by atoms with Crippen LogP contribution in [0.4, 0.5) is 0 Å². The molecule has 3 aromatic rings. The lowest BCUT2D eigenvalue weighted by Crippen LogP contribution is -2.18. The zero-order chi connectivity index (χ0) is 20.7. The SMILES string of the molecule is CCc1cccc(C2CCC(c3nnc4n3-c3ccc(Cl)cc3CN(C)C4)CC2)n1. The molecule has 156 valence electrons. The summed E-state index contributed by atoms with van der Waals surface area (Å²) in [7, 11) is 2.12. The summed E-state index contributed by atoms with van der Waals surface area (Å²) in [6.07, 6.45) is 5.55.